The fourth-order valence-electron chi connectivity index (χ4n) is 2.92. The molecule has 10 heteroatoms. The molecule has 1 saturated heterocycles. The number of amides is 1. The van der Waals surface area contributed by atoms with Crippen LogP contribution in [0.1, 0.15) is 29.0 Å². The second-order valence-electron chi connectivity index (χ2n) is 6.13. The second kappa shape index (κ2) is 7.94. The Balaban J connectivity index is 1.61. The highest BCUT2D eigenvalue weighted by Crippen LogP contribution is 2.29. The number of carbonyl (C=O) groups excluding carboxylic acids is 1. The summed E-state index contributed by atoms with van der Waals surface area (Å²) in [5, 5.41) is 4.33. The van der Waals surface area contributed by atoms with Crippen LogP contribution in [0.4, 0.5) is 11.6 Å². The van der Waals surface area contributed by atoms with Crippen LogP contribution in [0, 0.1) is 6.92 Å². The van der Waals surface area contributed by atoms with Crippen LogP contribution < -0.4 is 16.0 Å². The number of aromatic nitrogens is 3. The van der Waals surface area contributed by atoms with Crippen molar-refractivity contribution in [3.8, 4) is 0 Å². The first-order valence-electron chi connectivity index (χ1n) is 8.17. The van der Waals surface area contributed by atoms with E-state index in [9.17, 15) is 4.79 Å². The van der Waals surface area contributed by atoms with E-state index in [0.29, 0.717) is 27.4 Å². The number of nitrogens with one attached hydrogen (secondary N) is 2. The van der Waals surface area contributed by atoms with Crippen molar-refractivity contribution in [3.05, 3.63) is 27.5 Å². The zero-order valence-electron chi connectivity index (χ0n) is 14.5. The van der Waals surface area contributed by atoms with Gasteiger partial charge in [-0.25, -0.2) is 9.97 Å². The van der Waals surface area contributed by atoms with Crippen molar-refractivity contribution < 1.29 is 4.79 Å². The summed E-state index contributed by atoms with van der Waals surface area (Å²) < 4.78 is 0. The van der Waals surface area contributed by atoms with Crippen molar-refractivity contribution in [3.63, 3.8) is 0 Å². The molecule has 4 N–H and O–H groups in total. The third-order valence-electron chi connectivity index (χ3n) is 4.33. The Bertz CT molecular complexity index is 819. The third kappa shape index (κ3) is 4.02. The van der Waals surface area contributed by atoms with Crippen LogP contribution >= 0.6 is 35.0 Å². The molecule has 0 aromatic carbocycles. The van der Waals surface area contributed by atoms with E-state index in [1.807, 2.05) is 6.26 Å². The van der Waals surface area contributed by atoms with Gasteiger partial charge in [0.25, 0.3) is 5.91 Å². The van der Waals surface area contributed by atoms with Gasteiger partial charge in [-0.3, -0.25) is 4.79 Å². The molecule has 7 nitrogen and oxygen atoms in total. The number of aryl methyl sites for hydroxylation is 1. The van der Waals surface area contributed by atoms with Gasteiger partial charge in [0.1, 0.15) is 17.3 Å². The van der Waals surface area contributed by atoms with Gasteiger partial charge >= 0.3 is 0 Å². The Morgan fingerprint density at radius 3 is 2.62 bits per heavy atom. The highest BCUT2D eigenvalue weighted by Gasteiger charge is 2.25. The molecule has 0 unspecified atom stereocenters. The van der Waals surface area contributed by atoms with Crippen LogP contribution in [-0.4, -0.2) is 46.2 Å². The molecule has 140 valence electrons. The summed E-state index contributed by atoms with van der Waals surface area (Å²) in [6, 6.07) is 1.85. The molecule has 0 radical (unpaired) electrons. The van der Waals surface area contributed by atoms with Gasteiger partial charge in [0, 0.05) is 30.9 Å². The molecule has 0 atom stereocenters. The van der Waals surface area contributed by atoms with E-state index in [2.05, 4.69) is 25.2 Å². The van der Waals surface area contributed by atoms with E-state index in [4.69, 9.17) is 28.9 Å². The van der Waals surface area contributed by atoms with Crippen LogP contribution in [0.5, 0.6) is 0 Å². The molecule has 0 saturated carbocycles. The maximum absolute atomic E-state index is 12.4. The Labute approximate surface area is 166 Å². The summed E-state index contributed by atoms with van der Waals surface area (Å²) in [5.41, 5.74) is 6.85. The van der Waals surface area contributed by atoms with Gasteiger partial charge in [-0.1, -0.05) is 35.0 Å². The van der Waals surface area contributed by atoms with Crippen molar-refractivity contribution in [1.29, 1.82) is 0 Å². The number of halogens is 2. The van der Waals surface area contributed by atoms with E-state index in [1.54, 1.807) is 13.0 Å². The minimum Gasteiger partial charge on any atom is -0.383 e. The Morgan fingerprint density at radius 1 is 1.35 bits per heavy atom. The highest BCUT2D eigenvalue weighted by atomic mass is 35.5. The number of anilines is 2. The standard InChI is InChI=1S/C16H20Cl2N6OS/c1-8-12(17)13(18)14(20-8)15(25)21-9-3-5-24(6-4-9)11-7-10(19)22-16(23-11)26-2/h7,9,20H,3-6H2,1-2H3,(H,21,25)(H2,19,22,23). The lowest BCUT2D eigenvalue weighted by atomic mass is 10.0. The van der Waals surface area contributed by atoms with Crippen LogP contribution in [0.2, 0.25) is 10.0 Å². The Hall–Kier alpha value is -1.64. The monoisotopic (exact) mass is 414 g/mol. The minimum absolute atomic E-state index is 0.0661. The van der Waals surface area contributed by atoms with Crippen LogP contribution in [-0.2, 0) is 0 Å². The second-order valence-corrected chi connectivity index (χ2v) is 7.65. The fourth-order valence-corrected chi connectivity index (χ4v) is 3.72. The molecule has 26 heavy (non-hydrogen) atoms. The predicted molar refractivity (Wildman–Crippen MR) is 106 cm³/mol. The first-order chi connectivity index (χ1) is 12.4. The van der Waals surface area contributed by atoms with E-state index < -0.39 is 0 Å². The van der Waals surface area contributed by atoms with Gasteiger partial charge < -0.3 is 20.9 Å². The quantitative estimate of drug-likeness (QED) is 0.524. The first kappa shape index (κ1) is 19.1. The number of aromatic amines is 1. The maximum atomic E-state index is 12.4. The summed E-state index contributed by atoms with van der Waals surface area (Å²) in [6.45, 7) is 3.32. The zero-order valence-corrected chi connectivity index (χ0v) is 16.8. The number of hydrogen-bond donors (Lipinski definition) is 3. The number of hydrogen-bond acceptors (Lipinski definition) is 6. The smallest absolute Gasteiger partial charge is 0.269 e. The molecule has 0 spiro atoms. The molecule has 0 aliphatic carbocycles. The minimum atomic E-state index is -0.237. The van der Waals surface area contributed by atoms with Gasteiger partial charge in [-0.2, -0.15) is 0 Å². The number of thioether (sulfide) groups is 1. The number of H-pyrrole nitrogens is 1. The molecular weight excluding hydrogens is 395 g/mol. The molecule has 0 bridgehead atoms. The van der Waals surface area contributed by atoms with E-state index in [0.717, 1.165) is 31.7 Å². The zero-order chi connectivity index (χ0) is 18.8. The molecule has 3 rings (SSSR count). The van der Waals surface area contributed by atoms with Crippen molar-refractivity contribution in [2.24, 2.45) is 0 Å². The summed E-state index contributed by atoms with van der Waals surface area (Å²) in [4.78, 5) is 26.2. The number of rotatable bonds is 4. The maximum Gasteiger partial charge on any atom is 0.269 e. The fraction of sp³-hybridized carbons (Fsp3) is 0.438. The van der Waals surface area contributed by atoms with Crippen LogP contribution in [0.3, 0.4) is 0 Å². The van der Waals surface area contributed by atoms with Crippen LogP contribution in [0.25, 0.3) is 0 Å². The largest absolute Gasteiger partial charge is 0.383 e. The average Bonchev–Trinajstić information content (AvgIpc) is 2.89. The van der Waals surface area contributed by atoms with E-state index >= 15 is 0 Å². The molecule has 1 aliphatic rings. The molecule has 2 aromatic rings. The number of nitrogens with zero attached hydrogens (tertiary/aromatic N) is 3. The number of carbonyl (C=O) groups is 1. The predicted octanol–water partition coefficient (Wildman–Crippen LogP) is 3.12. The highest BCUT2D eigenvalue weighted by molar-refractivity contribution is 7.98. The molecular formula is C16H20Cl2N6OS. The lowest BCUT2D eigenvalue weighted by molar-refractivity contribution is 0.0926. The molecule has 1 fully saturated rings. The normalized spacial score (nSPS) is 15.3. The lowest BCUT2D eigenvalue weighted by Crippen LogP contribution is -2.45. The van der Waals surface area contributed by atoms with Crippen molar-refractivity contribution in [2.45, 2.75) is 31.0 Å². The van der Waals surface area contributed by atoms with Gasteiger partial charge in [0.2, 0.25) is 0 Å². The van der Waals surface area contributed by atoms with Gasteiger partial charge in [-0.15, -0.1) is 0 Å². The molecule has 2 aromatic heterocycles. The van der Waals surface area contributed by atoms with Gasteiger partial charge in [0.15, 0.2) is 5.16 Å². The van der Waals surface area contributed by atoms with Gasteiger partial charge in [-0.05, 0) is 26.0 Å². The summed E-state index contributed by atoms with van der Waals surface area (Å²) in [7, 11) is 0. The Kier molecular flexibility index (Phi) is 5.84. The van der Waals surface area contributed by atoms with Crippen molar-refractivity contribution in [2.75, 3.05) is 30.0 Å². The first-order valence-corrected chi connectivity index (χ1v) is 10.1. The topological polar surface area (TPSA) is 99.9 Å². The van der Waals surface area contributed by atoms with Gasteiger partial charge in [0.05, 0.1) is 10.0 Å². The van der Waals surface area contributed by atoms with Crippen molar-refractivity contribution >= 4 is 52.5 Å². The molecule has 1 amide bonds. The number of nitrogen functional groups attached to an aromatic ring is 1. The summed E-state index contributed by atoms with van der Waals surface area (Å²) in [5.74, 6) is 1.05. The van der Waals surface area contributed by atoms with E-state index in [-0.39, 0.29) is 17.0 Å². The number of piperidine rings is 1. The summed E-state index contributed by atoms with van der Waals surface area (Å²) in [6.07, 6.45) is 3.52. The lowest BCUT2D eigenvalue weighted by Gasteiger charge is -2.33. The molecule has 3 heterocycles. The average molecular weight is 415 g/mol. The third-order valence-corrected chi connectivity index (χ3v) is 5.82. The van der Waals surface area contributed by atoms with Crippen molar-refractivity contribution in [1.82, 2.24) is 20.3 Å². The SMILES string of the molecule is CSc1nc(N)cc(N2CCC(NC(=O)c3[nH]c(C)c(Cl)c3Cl)CC2)n1. The molecule has 1 aliphatic heterocycles. The number of nitrogens with two attached hydrogens (primary N) is 1. The van der Waals surface area contributed by atoms with E-state index in [1.165, 1.54) is 11.8 Å². The summed E-state index contributed by atoms with van der Waals surface area (Å²) >= 11 is 13.6. The van der Waals surface area contributed by atoms with Crippen LogP contribution in [0.15, 0.2) is 11.2 Å². The Morgan fingerprint density at radius 2 is 2.04 bits per heavy atom.